The predicted octanol–water partition coefficient (Wildman–Crippen LogP) is 3.75. The zero-order chi connectivity index (χ0) is 19.3. The van der Waals surface area contributed by atoms with Crippen LogP contribution >= 0.6 is 0 Å². The molecule has 0 saturated heterocycles. The molecule has 0 aromatic heterocycles. The molecule has 0 amide bonds. The minimum Gasteiger partial charge on any atom is -0.407 e. The Labute approximate surface area is 166 Å². The van der Waals surface area contributed by atoms with Crippen LogP contribution < -0.4 is 10.4 Å². The van der Waals surface area contributed by atoms with Gasteiger partial charge in [0.2, 0.25) is 9.04 Å². The Hall–Kier alpha value is -1.42. The Balaban J connectivity index is 1.95. The Morgan fingerprint density at radius 1 is 0.926 bits per heavy atom. The van der Waals surface area contributed by atoms with Gasteiger partial charge in [-0.25, -0.2) is 0 Å². The Morgan fingerprint density at radius 2 is 1.44 bits per heavy atom. The molecule has 1 N–H and O–H groups in total. The van der Waals surface area contributed by atoms with Crippen LogP contribution in [-0.4, -0.2) is 26.9 Å². The first kappa shape index (κ1) is 20.3. The van der Waals surface area contributed by atoms with Gasteiger partial charge in [-0.3, -0.25) is 0 Å². The predicted molar refractivity (Wildman–Crippen MR) is 116 cm³/mol. The molecule has 3 atom stereocenters. The van der Waals surface area contributed by atoms with Crippen molar-refractivity contribution in [1.29, 1.82) is 0 Å². The van der Waals surface area contributed by atoms with E-state index in [1.165, 1.54) is 23.2 Å². The number of aliphatic hydroxyl groups is 1. The summed E-state index contributed by atoms with van der Waals surface area (Å²) in [5, 5.41) is 12.7. The first-order valence-electron chi connectivity index (χ1n) is 10.4. The summed E-state index contributed by atoms with van der Waals surface area (Å²) in [6, 6.07) is 21.5. The van der Waals surface area contributed by atoms with Gasteiger partial charge in [0, 0.05) is 6.61 Å². The van der Waals surface area contributed by atoms with Gasteiger partial charge in [-0.1, -0.05) is 94.3 Å². The maximum absolute atomic E-state index is 10.0. The second kappa shape index (κ2) is 9.18. The highest BCUT2D eigenvalue weighted by molar-refractivity contribution is 6.80. The van der Waals surface area contributed by atoms with Gasteiger partial charge >= 0.3 is 0 Å². The van der Waals surface area contributed by atoms with Gasteiger partial charge in [-0.2, -0.15) is 0 Å². The lowest BCUT2D eigenvalue weighted by Crippen LogP contribution is -2.53. The van der Waals surface area contributed by atoms with Crippen LogP contribution in [0.4, 0.5) is 0 Å². The molecule has 2 aromatic rings. The van der Waals surface area contributed by atoms with E-state index in [9.17, 15) is 5.11 Å². The number of hydrogen-bond acceptors (Lipinski definition) is 2. The normalized spacial score (nSPS) is 22.0. The molecule has 2 aromatic carbocycles. The molecule has 0 bridgehead atoms. The third-order valence-corrected chi connectivity index (χ3v) is 8.48. The third kappa shape index (κ3) is 5.10. The number of benzene rings is 2. The molecule has 0 aliphatic heterocycles. The van der Waals surface area contributed by atoms with Crippen LogP contribution in [-0.2, 0) is 4.43 Å². The molecule has 1 aliphatic carbocycles. The van der Waals surface area contributed by atoms with Gasteiger partial charge in [0.15, 0.2) is 0 Å². The van der Waals surface area contributed by atoms with Crippen molar-refractivity contribution < 1.29 is 9.53 Å². The van der Waals surface area contributed by atoms with E-state index >= 15 is 0 Å². The van der Waals surface area contributed by atoms with E-state index in [0.717, 1.165) is 12.8 Å². The van der Waals surface area contributed by atoms with Crippen molar-refractivity contribution in [2.75, 3.05) is 6.61 Å². The van der Waals surface area contributed by atoms with Crippen LogP contribution in [0.15, 0.2) is 60.7 Å². The summed E-state index contributed by atoms with van der Waals surface area (Å²) in [7, 11) is -1.80. The van der Waals surface area contributed by atoms with Crippen molar-refractivity contribution in [2.24, 2.45) is 17.3 Å². The summed E-state index contributed by atoms with van der Waals surface area (Å²) in [4.78, 5) is 0. The first-order valence-corrected chi connectivity index (χ1v) is 12.0. The fourth-order valence-electron chi connectivity index (χ4n) is 4.56. The molecule has 27 heavy (non-hydrogen) atoms. The van der Waals surface area contributed by atoms with Crippen molar-refractivity contribution >= 4 is 19.4 Å². The molecule has 3 heteroatoms. The molecule has 3 rings (SSSR count). The lowest BCUT2D eigenvalue weighted by molar-refractivity contribution is -0.0207. The number of rotatable bonds is 6. The van der Waals surface area contributed by atoms with E-state index in [4.69, 9.17) is 4.43 Å². The summed E-state index contributed by atoms with van der Waals surface area (Å²) in [6.07, 6.45) is 4.93. The Bertz CT molecular complexity index is 641. The largest absolute Gasteiger partial charge is 0.407 e. The summed E-state index contributed by atoms with van der Waals surface area (Å²) in [5.41, 5.74) is 0.0459. The molecule has 0 spiro atoms. The van der Waals surface area contributed by atoms with Crippen molar-refractivity contribution in [3.63, 3.8) is 0 Å². The van der Waals surface area contributed by atoms with E-state index in [2.05, 4.69) is 81.4 Å². The summed E-state index contributed by atoms with van der Waals surface area (Å²) >= 11 is 0. The van der Waals surface area contributed by atoms with Gasteiger partial charge in [-0.05, 0) is 40.5 Å². The Kier molecular flexibility index (Phi) is 6.91. The highest BCUT2D eigenvalue weighted by atomic mass is 28.3. The van der Waals surface area contributed by atoms with Crippen LogP contribution in [0.5, 0.6) is 0 Å². The smallest absolute Gasteiger partial charge is 0.240 e. The fraction of sp³-hybridized carbons (Fsp3) is 0.500. The molecule has 1 fully saturated rings. The van der Waals surface area contributed by atoms with E-state index in [-0.39, 0.29) is 18.1 Å². The molecule has 0 heterocycles. The standard InChI is InChI=1S/C24H34O2Si/c1-24(2,3)23(22-17-11-10-12-19(22)18-25)26-27(20-13-6-4-7-14-20)21-15-8-5-9-16-21/h4-9,13-16,19,22-23,25,27H,10-12,17-18H2,1-3H3/t19-,22-,23?/m0/s1. The summed E-state index contributed by atoms with van der Waals surface area (Å²) in [6.45, 7) is 7.16. The summed E-state index contributed by atoms with van der Waals surface area (Å²) in [5.74, 6) is 0.801. The molecule has 0 radical (unpaired) electrons. The zero-order valence-electron chi connectivity index (χ0n) is 17.0. The monoisotopic (exact) mass is 382 g/mol. The quantitative estimate of drug-likeness (QED) is 0.771. The van der Waals surface area contributed by atoms with Crippen LogP contribution in [0.25, 0.3) is 0 Å². The van der Waals surface area contributed by atoms with Gasteiger partial charge in [0.1, 0.15) is 0 Å². The summed E-state index contributed by atoms with van der Waals surface area (Å²) < 4.78 is 7.09. The van der Waals surface area contributed by atoms with Crippen LogP contribution in [0.2, 0.25) is 0 Å². The maximum atomic E-state index is 10.0. The van der Waals surface area contributed by atoms with Crippen molar-refractivity contribution in [2.45, 2.75) is 52.6 Å². The van der Waals surface area contributed by atoms with Gasteiger partial charge in [0.25, 0.3) is 0 Å². The third-order valence-electron chi connectivity index (χ3n) is 5.93. The minimum absolute atomic E-state index is 0.0459. The second-order valence-electron chi connectivity index (χ2n) is 9.02. The van der Waals surface area contributed by atoms with Gasteiger partial charge in [-0.15, -0.1) is 0 Å². The van der Waals surface area contributed by atoms with Crippen molar-refractivity contribution in [3.8, 4) is 0 Å². The van der Waals surface area contributed by atoms with E-state index in [1.54, 1.807) is 0 Å². The topological polar surface area (TPSA) is 29.5 Å². The van der Waals surface area contributed by atoms with Crippen molar-refractivity contribution in [1.82, 2.24) is 0 Å². The van der Waals surface area contributed by atoms with Crippen molar-refractivity contribution in [3.05, 3.63) is 60.7 Å². The van der Waals surface area contributed by atoms with E-state index in [0.29, 0.717) is 11.8 Å². The highest BCUT2D eigenvalue weighted by Crippen LogP contribution is 2.40. The van der Waals surface area contributed by atoms with E-state index < -0.39 is 9.04 Å². The molecule has 1 saturated carbocycles. The van der Waals surface area contributed by atoms with Crippen LogP contribution in [0, 0.1) is 17.3 Å². The average Bonchev–Trinajstić information content (AvgIpc) is 2.69. The molecule has 1 unspecified atom stereocenters. The maximum Gasteiger partial charge on any atom is 0.240 e. The van der Waals surface area contributed by atoms with Crippen LogP contribution in [0.1, 0.15) is 46.5 Å². The second-order valence-corrected chi connectivity index (χ2v) is 11.4. The molecule has 2 nitrogen and oxygen atoms in total. The first-order chi connectivity index (χ1) is 13.0. The SMILES string of the molecule is CC(C)(C)C(O[SiH](c1ccccc1)c1ccccc1)[C@H]1CCCC[C@H]1CO. The van der Waals surface area contributed by atoms with Gasteiger partial charge in [0.05, 0.1) is 6.10 Å². The lowest BCUT2D eigenvalue weighted by Gasteiger charge is -2.44. The lowest BCUT2D eigenvalue weighted by atomic mass is 9.70. The molecular weight excluding hydrogens is 348 g/mol. The fourth-order valence-corrected chi connectivity index (χ4v) is 7.31. The molecule has 146 valence electrons. The molecule has 1 aliphatic rings. The number of hydrogen-bond donors (Lipinski definition) is 1. The number of aliphatic hydroxyl groups excluding tert-OH is 1. The average molecular weight is 383 g/mol. The van der Waals surface area contributed by atoms with E-state index in [1.807, 2.05) is 0 Å². The van der Waals surface area contributed by atoms with Gasteiger partial charge < -0.3 is 9.53 Å². The highest BCUT2D eigenvalue weighted by Gasteiger charge is 2.40. The van der Waals surface area contributed by atoms with Crippen LogP contribution in [0.3, 0.4) is 0 Å². The zero-order valence-corrected chi connectivity index (χ0v) is 18.1. The molecular formula is C24H34O2Si. The Morgan fingerprint density at radius 3 is 1.93 bits per heavy atom. The minimum atomic E-state index is -1.80.